The number of hydrogen-bond acceptors (Lipinski definition) is 5. The molecule has 1 unspecified atom stereocenters. The molecule has 1 atom stereocenters. The Morgan fingerprint density at radius 2 is 2.05 bits per heavy atom. The van der Waals surface area contributed by atoms with E-state index in [-0.39, 0.29) is 16.7 Å². The molecule has 108 valence electrons. The number of likely N-dealkylation sites (N-methyl/N-ethyl adjacent to an activating group) is 1. The summed E-state index contributed by atoms with van der Waals surface area (Å²) >= 11 is 0. The van der Waals surface area contributed by atoms with Gasteiger partial charge < -0.3 is 15.4 Å². The van der Waals surface area contributed by atoms with Crippen LogP contribution < -0.4 is 15.2 Å². The summed E-state index contributed by atoms with van der Waals surface area (Å²) in [4.78, 5) is 2.00. The second-order valence-electron chi connectivity index (χ2n) is 4.69. The number of hydrogen-bond donors (Lipinski definition) is 2. The van der Waals surface area contributed by atoms with Crippen molar-refractivity contribution >= 4 is 15.7 Å². The van der Waals surface area contributed by atoms with Crippen molar-refractivity contribution in [3.05, 3.63) is 18.2 Å². The van der Waals surface area contributed by atoms with Crippen LogP contribution in [0.25, 0.3) is 0 Å². The van der Waals surface area contributed by atoms with E-state index in [2.05, 4.69) is 4.72 Å². The van der Waals surface area contributed by atoms with Gasteiger partial charge in [0.25, 0.3) is 0 Å². The van der Waals surface area contributed by atoms with Crippen LogP contribution in [0.15, 0.2) is 23.1 Å². The Morgan fingerprint density at radius 3 is 2.58 bits per heavy atom. The molecule has 1 rings (SSSR count). The Hall–Kier alpha value is -1.31. The number of methoxy groups -OCH3 is 1. The Kier molecular flexibility index (Phi) is 5.16. The Labute approximate surface area is 114 Å². The second-order valence-corrected chi connectivity index (χ2v) is 6.38. The van der Waals surface area contributed by atoms with Crippen LogP contribution in [0.1, 0.15) is 6.92 Å². The first kappa shape index (κ1) is 15.7. The van der Waals surface area contributed by atoms with Gasteiger partial charge in [0.05, 0.1) is 7.11 Å². The van der Waals surface area contributed by atoms with E-state index in [9.17, 15) is 8.42 Å². The number of nitrogen functional groups attached to an aromatic ring is 1. The highest BCUT2D eigenvalue weighted by molar-refractivity contribution is 7.89. The van der Waals surface area contributed by atoms with Crippen LogP contribution in [-0.4, -0.2) is 47.1 Å². The topological polar surface area (TPSA) is 84.7 Å². The minimum Gasteiger partial charge on any atom is -0.495 e. The van der Waals surface area contributed by atoms with Gasteiger partial charge in [-0.1, -0.05) is 0 Å². The number of ether oxygens (including phenoxy) is 1. The standard InChI is InChI=1S/C12H21N3O3S/c1-9(8-15(2)3)14-19(16,17)12-6-5-10(13)7-11(12)18-4/h5-7,9,14H,8,13H2,1-4H3. The number of benzene rings is 1. The number of nitrogens with two attached hydrogens (primary N) is 1. The summed E-state index contributed by atoms with van der Waals surface area (Å²) in [6, 6.07) is 4.26. The molecule has 3 N–H and O–H groups in total. The van der Waals surface area contributed by atoms with E-state index in [0.717, 1.165) is 0 Å². The maximum Gasteiger partial charge on any atom is 0.244 e. The fraction of sp³-hybridized carbons (Fsp3) is 0.500. The molecule has 6 nitrogen and oxygen atoms in total. The quantitative estimate of drug-likeness (QED) is 0.745. The van der Waals surface area contributed by atoms with Crippen LogP contribution in [0, 0.1) is 0 Å². The molecule has 0 aliphatic heterocycles. The number of sulfonamides is 1. The van der Waals surface area contributed by atoms with E-state index in [1.165, 1.54) is 25.3 Å². The summed E-state index contributed by atoms with van der Waals surface area (Å²) in [6.07, 6.45) is 0. The van der Waals surface area contributed by atoms with Gasteiger partial charge in [-0.05, 0) is 33.2 Å². The smallest absolute Gasteiger partial charge is 0.244 e. The zero-order valence-corrected chi connectivity index (χ0v) is 12.5. The van der Waals surface area contributed by atoms with Crippen molar-refractivity contribution in [2.24, 2.45) is 0 Å². The Morgan fingerprint density at radius 1 is 1.42 bits per heavy atom. The van der Waals surface area contributed by atoms with Crippen LogP contribution in [0.4, 0.5) is 5.69 Å². The minimum atomic E-state index is -3.62. The largest absolute Gasteiger partial charge is 0.495 e. The first-order chi connectivity index (χ1) is 8.76. The summed E-state index contributed by atoms with van der Waals surface area (Å²) in [6.45, 7) is 2.41. The Bertz CT molecular complexity index is 529. The lowest BCUT2D eigenvalue weighted by atomic mass is 10.3. The summed E-state index contributed by atoms with van der Waals surface area (Å²) in [5.41, 5.74) is 6.07. The lowest BCUT2D eigenvalue weighted by Crippen LogP contribution is -2.39. The van der Waals surface area contributed by atoms with Gasteiger partial charge in [-0.25, -0.2) is 13.1 Å². The predicted octanol–water partition coefficient (Wildman–Crippen LogP) is 0.506. The van der Waals surface area contributed by atoms with Crippen molar-refractivity contribution in [1.29, 1.82) is 0 Å². The van der Waals surface area contributed by atoms with Gasteiger partial charge in [0.1, 0.15) is 10.6 Å². The van der Waals surface area contributed by atoms with E-state index in [4.69, 9.17) is 10.5 Å². The molecule has 0 saturated carbocycles. The Balaban J connectivity index is 3.00. The zero-order chi connectivity index (χ0) is 14.6. The molecular formula is C12H21N3O3S. The number of rotatable bonds is 6. The average Bonchev–Trinajstić information content (AvgIpc) is 2.26. The summed E-state index contributed by atoms with van der Waals surface area (Å²) in [5.74, 6) is 0.240. The third kappa shape index (κ3) is 4.38. The summed E-state index contributed by atoms with van der Waals surface area (Å²) in [7, 11) is 1.56. The first-order valence-corrected chi connectivity index (χ1v) is 7.35. The molecule has 0 spiro atoms. The molecule has 0 amide bonds. The summed E-state index contributed by atoms with van der Waals surface area (Å²) < 4.78 is 32.2. The van der Waals surface area contributed by atoms with Crippen molar-refractivity contribution in [2.45, 2.75) is 17.9 Å². The van der Waals surface area contributed by atoms with Gasteiger partial charge in [0.15, 0.2) is 0 Å². The molecule has 0 aliphatic rings. The van der Waals surface area contributed by atoms with Crippen molar-refractivity contribution in [3.63, 3.8) is 0 Å². The SMILES string of the molecule is COc1cc(N)ccc1S(=O)(=O)NC(C)CN(C)C. The second kappa shape index (κ2) is 6.23. The number of anilines is 1. The van der Waals surface area contributed by atoms with E-state index in [1.54, 1.807) is 6.92 Å². The molecule has 19 heavy (non-hydrogen) atoms. The predicted molar refractivity (Wildman–Crippen MR) is 75.7 cm³/mol. The van der Waals surface area contributed by atoms with E-state index in [0.29, 0.717) is 12.2 Å². The van der Waals surface area contributed by atoms with Crippen LogP contribution in [0.3, 0.4) is 0 Å². The van der Waals surface area contributed by atoms with E-state index < -0.39 is 10.0 Å². The molecule has 0 aromatic heterocycles. The fourth-order valence-electron chi connectivity index (χ4n) is 1.82. The highest BCUT2D eigenvalue weighted by Gasteiger charge is 2.21. The van der Waals surface area contributed by atoms with Gasteiger partial charge in [-0.2, -0.15) is 0 Å². The van der Waals surface area contributed by atoms with E-state index >= 15 is 0 Å². The van der Waals surface area contributed by atoms with Crippen LogP contribution in [0.5, 0.6) is 5.75 Å². The molecular weight excluding hydrogens is 266 g/mol. The molecule has 0 bridgehead atoms. The molecule has 7 heteroatoms. The van der Waals surface area contributed by atoms with Gasteiger partial charge in [-0.15, -0.1) is 0 Å². The van der Waals surface area contributed by atoms with Gasteiger partial charge >= 0.3 is 0 Å². The number of nitrogens with zero attached hydrogens (tertiary/aromatic N) is 1. The summed E-state index contributed by atoms with van der Waals surface area (Å²) in [5, 5.41) is 0. The van der Waals surface area contributed by atoms with Crippen LogP contribution >= 0.6 is 0 Å². The van der Waals surface area contributed by atoms with Gasteiger partial charge in [0, 0.05) is 24.3 Å². The first-order valence-electron chi connectivity index (χ1n) is 5.87. The molecule has 0 aliphatic carbocycles. The van der Waals surface area contributed by atoms with Crippen molar-refractivity contribution in [3.8, 4) is 5.75 Å². The van der Waals surface area contributed by atoms with Crippen molar-refractivity contribution < 1.29 is 13.2 Å². The van der Waals surface area contributed by atoms with Crippen molar-refractivity contribution in [2.75, 3.05) is 33.5 Å². The maximum atomic E-state index is 12.3. The van der Waals surface area contributed by atoms with E-state index in [1.807, 2.05) is 19.0 Å². The molecule has 0 saturated heterocycles. The lowest BCUT2D eigenvalue weighted by Gasteiger charge is -2.19. The maximum absolute atomic E-state index is 12.3. The average molecular weight is 287 g/mol. The van der Waals surface area contributed by atoms with Crippen LogP contribution in [0.2, 0.25) is 0 Å². The monoisotopic (exact) mass is 287 g/mol. The molecule has 1 aromatic carbocycles. The zero-order valence-electron chi connectivity index (χ0n) is 11.7. The van der Waals surface area contributed by atoms with Gasteiger partial charge in [0.2, 0.25) is 10.0 Å². The molecule has 0 radical (unpaired) electrons. The van der Waals surface area contributed by atoms with Crippen molar-refractivity contribution in [1.82, 2.24) is 9.62 Å². The fourth-order valence-corrected chi connectivity index (χ4v) is 3.21. The number of nitrogens with one attached hydrogen (secondary N) is 1. The molecule has 0 fully saturated rings. The normalized spacial score (nSPS) is 13.5. The lowest BCUT2D eigenvalue weighted by molar-refractivity contribution is 0.369. The minimum absolute atomic E-state index is 0.0924. The highest BCUT2D eigenvalue weighted by atomic mass is 32.2. The van der Waals surface area contributed by atoms with Gasteiger partial charge in [-0.3, -0.25) is 0 Å². The highest BCUT2D eigenvalue weighted by Crippen LogP contribution is 2.25. The third-order valence-electron chi connectivity index (χ3n) is 2.47. The molecule has 1 aromatic rings. The van der Waals surface area contributed by atoms with Crippen LogP contribution in [-0.2, 0) is 10.0 Å². The molecule has 0 heterocycles. The third-order valence-corrected chi connectivity index (χ3v) is 4.10.